The Morgan fingerprint density at radius 2 is 2.05 bits per heavy atom. The number of carbonyl (C=O) groups excluding carboxylic acids is 1. The van der Waals surface area contributed by atoms with Crippen LogP contribution in [-0.4, -0.2) is 34.9 Å². The molecule has 1 atom stereocenters. The summed E-state index contributed by atoms with van der Waals surface area (Å²) in [5.41, 5.74) is 6.78. The minimum Gasteiger partial charge on any atom is -0.334 e. The molecular formula is C15H19Cl2N3OS. The number of thiazole rings is 1. The molecule has 2 heterocycles. The molecule has 2 N–H and O–H groups in total. The largest absolute Gasteiger partial charge is 0.334 e. The van der Waals surface area contributed by atoms with Crippen molar-refractivity contribution in [2.75, 3.05) is 13.1 Å². The van der Waals surface area contributed by atoms with Crippen molar-refractivity contribution < 1.29 is 4.79 Å². The number of carbonyl (C=O) groups is 1. The third-order valence-corrected chi connectivity index (χ3v) is 4.68. The third-order valence-electron chi connectivity index (χ3n) is 3.65. The Morgan fingerprint density at radius 3 is 2.73 bits per heavy atom. The number of hydrogen-bond acceptors (Lipinski definition) is 4. The molecule has 0 spiro atoms. The van der Waals surface area contributed by atoms with Crippen molar-refractivity contribution in [3.8, 4) is 10.6 Å². The molecule has 7 heteroatoms. The van der Waals surface area contributed by atoms with Gasteiger partial charge in [0.25, 0.3) is 5.91 Å². The summed E-state index contributed by atoms with van der Waals surface area (Å²) in [5.74, 6) is 0.0673. The number of amides is 1. The van der Waals surface area contributed by atoms with Crippen LogP contribution in [0, 0.1) is 0 Å². The van der Waals surface area contributed by atoms with Crippen LogP contribution in [0.25, 0.3) is 10.6 Å². The van der Waals surface area contributed by atoms with Crippen molar-refractivity contribution >= 4 is 42.1 Å². The molecule has 1 aliphatic rings. The molecule has 1 aliphatic heterocycles. The van der Waals surface area contributed by atoms with Gasteiger partial charge in [0.1, 0.15) is 9.88 Å². The molecule has 0 radical (unpaired) electrons. The van der Waals surface area contributed by atoms with Gasteiger partial charge in [0, 0.05) is 24.7 Å². The summed E-state index contributed by atoms with van der Waals surface area (Å²) in [6.45, 7) is 1.34. The molecular weight excluding hydrogens is 341 g/mol. The van der Waals surface area contributed by atoms with Crippen molar-refractivity contribution in [2.45, 2.75) is 18.9 Å². The summed E-state index contributed by atoms with van der Waals surface area (Å²) in [6, 6.07) is 10.1. The molecule has 1 fully saturated rings. The van der Waals surface area contributed by atoms with Crippen molar-refractivity contribution in [1.29, 1.82) is 0 Å². The molecule has 1 saturated heterocycles. The highest BCUT2D eigenvalue weighted by Gasteiger charge is 2.29. The monoisotopic (exact) mass is 359 g/mol. The number of rotatable bonds is 3. The Morgan fingerprint density at radius 1 is 1.32 bits per heavy atom. The van der Waals surface area contributed by atoms with E-state index in [0.717, 1.165) is 30.0 Å². The number of nitrogens with two attached hydrogens (primary N) is 1. The zero-order chi connectivity index (χ0) is 13.9. The fourth-order valence-electron chi connectivity index (χ4n) is 2.58. The first-order valence-electron chi connectivity index (χ1n) is 6.82. The number of benzene rings is 1. The van der Waals surface area contributed by atoms with E-state index in [0.29, 0.717) is 11.4 Å². The van der Waals surface area contributed by atoms with Gasteiger partial charge in [0.05, 0.1) is 6.20 Å². The Bertz CT molecular complexity index is 606. The Kier molecular flexibility index (Phi) is 7.29. The van der Waals surface area contributed by atoms with E-state index >= 15 is 0 Å². The summed E-state index contributed by atoms with van der Waals surface area (Å²) in [4.78, 5) is 19.5. The topological polar surface area (TPSA) is 59.2 Å². The molecule has 0 bridgehead atoms. The predicted molar refractivity (Wildman–Crippen MR) is 95.2 cm³/mol. The number of hydrogen-bond donors (Lipinski definition) is 1. The fourth-order valence-corrected chi connectivity index (χ4v) is 3.45. The number of halogens is 2. The van der Waals surface area contributed by atoms with Crippen LogP contribution in [-0.2, 0) is 0 Å². The second kappa shape index (κ2) is 8.48. The number of likely N-dealkylation sites (tertiary alicyclic amines) is 1. The minimum absolute atomic E-state index is 0. The van der Waals surface area contributed by atoms with E-state index in [4.69, 9.17) is 5.73 Å². The minimum atomic E-state index is 0. The average molecular weight is 360 g/mol. The lowest BCUT2D eigenvalue weighted by Gasteiger charge is -2.22. The zero-order valence-electron chi connectivity index (χ0n) is 12.0. The van der Waals surface area contributed by atoms with Crippen LogP contribution in [0.1, 0.15) is 22.5 Å². The van der Waals surface area contributed by atoms with E-state index in [9.17, 15) is 4.79 Å². The standard InChI is InChI=1S/C15H17N3OS.2ClH/c16-9-12-7-4-8-18(12)15(19)13-10-17-14(20-13)11-5-2-1-3-6-11;;/h1-3,5-6,10,12H,4,7-9,16H2;2*1H. The molecule has 22 heavy (non-hydrogen) atoms. The SMILES string of the molecule is Cl.Cl.NCC1CCCN1C(=O)c1cnc(-c2ccccc2)s1. The molecule has 1 unspecified atom stereocenters. The normalized spacial score (nSPS) is 16.8. The maximum Gasteiger partial charge on any atom is 0.265 e. The average Bonchev–Trinajstić information content (AvgIpc) is 3.16. The highest BCUT2D eigenvalue weighted by molar-refractivity contribution is 7.16. The fraction of sp³-hybridized carbons (Fsp3) is 0.333. The highest BCUT2D eigenvalue weighted by Crippen LogP contribution is 2.27. The van der Waals surface area contributed by atoms with Crippen LogP contribution in [0.15, 0.2) is 36.5 Å². The second-order valence-corrected chi connectivity index (χ2v) is 5.96. The van der Waals surface area contributed by atoms with Gasteiger partial charge in [-0.05, 0) is 12.8 Å². The molecule has 0 saturated carbocycles. The molecule has 1 amide bonds. The first-order chi connectivity index (χ1) is 9.79. The van der Waals surface area contributed by atoms with Crippen LogP contribution in [0.4, 0.5) is 0 Å². The van der Waals surface area contributed by atoms with Crippen LogP contribution in [0.5, 0.6) is 0 Å². The van der Waals surface area contributed by atoms with Crippen LogP contribution in [0.2, 0.25) is 0 Å². The lowest BCUT2D eigenvalue weighted by atomic mass is 10.2. The molecule has 1 aromatic carbocycles. The number of aromatic nitrogens is 1. The number of nitrogens with zero attached hydrogens (tertiary/aromatic N) is 2. The molecule has 4 nitrogen and oxygen atoms in total. The summed E-state index contributed by atoms with van der Waals surface area (Å²) < 4.78 is 0. The van der Waals surface area contributed by atoms with Crippen molar-refractivity contribution in [3.05, 3.63) is 41.4 Å². The Labute approximate surface area is 146 Å². The van der Waals surface area contributed by atoms with Gasteiger partial charge in [-0.2, -0.15) is 0 Å². The van der Waals surface area contributed by atoms with Crippen LogP contribution in [0.3, 0.4) is 0 Å². The van der Waals surface area contributed by atoms with Gasteiger partial charge in [0.2, 0.25) is 0 Å². The van der Waals surface area contributed by atoms with Crippen molar-refractivity contribution in [1.82, 2.24) is 9.88 Å². The zero-order valence-corrected chi connectivity index (χ0v) is 14.4. The van der Waals surface area contributed by atoms with E-state index < -0.39 is 0 Å². The van der Waals surface area contributed by atoms with Gasteiger partial charge in [-0.3, -0.25) is 4.79 Å². The van der Waals surface area contributed by atoms with Gasteiger partial charge in [-0.25, -0.2) is 4.98 Å². The van der Waals surface area contributed by atoms with Crippen molar-refractivity contribution in [2.24, 2.45) is 5.73 Å². The van der Waals surface area contributed by atoms with Gasteiger partial charge < -0.3 is 10.6 Å². The van der Waals surface area contributed by atoms with Crippen molar-refractivity contribution in [3.63, 3.8) is 0 Å². The van der Waals surface area contributed by atoms with Gasteiger partial charge in [0.15, 0.2) is 0 Å². The quantitative estimate of drug-likeness (QED) is 0.914. The Balaban J connectivity index is 0.00000121. The first-order valence-corrected chi connectivity index (χ1v) is 7.63. The summed E-state index contributed by atoms with van der Waals surface area (Å²) >= 11 is 1.45. The smallest absolute Gasteiger partial charge is 0.265 e. The molecule has 120 valence electrons. The van der Waals surface area contributed by atoms with Crippen LogP contribution >= 0.6 is 36.2 Å². The maximum absolute atomic E-state index is 12.5. The van der Waals surface area contributed by atoms with E-state index in [1.54, 1.807) is 6.20 Å². The molecule has 3 rings (SSSR count). The Hall–Kier alpha value is -1.14. The lowest BCUT2D eigenvalue weighted by molar-refractivity contribution is 0.0746. The lowest BCUT2D eigenvalue weighted by Crippen LogP contribution is -2.39. The maximum atomic E-state index is 12.5. The van der Waals surface area contributed by atoms with Gasteiger partial charge >= 0.3 is 0 Å². The molecule has 0 aliphatic carbocycles. The van der Waals surface area contributed by atoms with E-state index in [1.807, 2.05) is 35.2 Å². The summed E-state index contributed by atoms with van der Waals surface area (Å²) in [7, 11) is 0. The van der Waals surface area contributed by atoms with Gasteiger partial charge in [-0.1, -0.05) is 30.3 Å². The predicted octanol–water partition coefficient (Wildman–Crippen LogP) is 3.22. The second-order valence-electron chi connectivity index (χ2n) is 4.93. The van der Waals surface area contributed by atoms with Gasteiger partial charge in [-0.15, -0.1) is 36.2 Å². The van der Waals surface area contributed by atoms with Crippen LogP contribution < -0.4 is 5.73 Å². The van der Waals surface area contributed by atoms with E-state index in [1.165, 1.54) is 11.3 Å². The molecule has 1 aromatic heterocycles. The van der Waals surface area contributed by atoms with E-state index in [-0.39, 0.29) is 36.8 Å². The highest BCUT2D eigenvalue weighted by atomic mass is 35.5. The molecule has 2 aromatic rings. The summed E-state index contributed by atoms with van der Waals surface area (Å²) in [5, 5.41) is 0.887. The first kappa shape index (κ1) is 18.9. The van der Waals surface area contributed by atoms with E-state index in [2.05, 4.69) is 4.98 Å². The third kappa shape index (κ3) is 3.79. The summed E-state index contributed by atoms with van der Waals surface area (Å²) in [6.07, 6.45) is 3.73.